The smallest absolute Gasteiger partial charge is 0.321 e. The zero-order valence-electron chi connectivity index (χ0n) is 15.3. The molecule has 140 valence electrons. The minimum absolute atomic E-state index is 0.186. The number of carbonyl (C=O) groups excluding carboxylic acids is 3. The van der Waals surface area contributed by atoms with Crippen molar-refractivity contribution in [1.29, 1.82) is 0 Å². The van der Waals surface area contributed by atoms with E-state index >= 15 is 0 Å². The molecule has 1 aromatic heterocycles. The van der Waals surface area contributed by atoms with E-state index in [0.29, 0.717) is 23.9 Å². The summed E-state index contributed by atoms with van der Waals surface area (Å²) < 4.78 is 1.83. The number of thioether (sulfide) groups is 1. The van der Waals surface area contributed by atoms with Crippen LogP contribution in [-0.4, -0.2) is 43.4 Å². The van der Waals surface area contributed by atoms with Crippen LogP contribution in [0.1, 0.15) is 46.9 Å². The Kier molecular flexibility index (Phi) is 7.40. The number of nitrogens with two attached hydrogens (primary N) is 1. The maximum absolute atomic E-state index is 12.2. The van der Waals surface area contributed by atoms with Crippen LogP contribution in [0.25, 0.3) is 0 Å². The first kappa shape index (κ1) is 20.9. The second-order valence-corrected chi connectivity index (χ2v) is 7.87. The van der Waals surface area contributed by atoms with E-state index in [4.69, 9.17) is 5.73 Å². The molecule has 0 saturated heterocycles. The number of amides is 4. The Bertz CT molecular complexity index is 638. The highest BCUT2D eigenvalue weighted by Gasteiger charge is 2.22. The first-order valence-electron chi connectivity index (χ1n) is 8.03. The molecule has 4 amide bonds. The number of aromatic nitrogens is 3. The molecule has 4 N–H and O–H groups in total. The molecule has 0 aromatic carbocycles. The number of carbonyl (C=O) groups is 3. The van der Waals surface area contributed by atoms with Crippen molar-refractivity contribution in [3.63, 3.8) is 0 Å². The molecule has 0 saturated carbocycles. The summed E-state index contributed by atoms with van der Waals surface area (Å²) in [5, 5.41) is 13.1. The lowest BCUT2D eigenvalue weighted by Gasteiger charge is -2.21. The standard InChI is InChI=1S/C15H26N6O3S/c1-6-21-11(8-7-10(16)22)19-20-14(21)25-9(2)12(23)17-13(24)18-15(3,4)5/h9H,6-8H2,1-5H3,(H2,16,22)(H2,17,18,23,24)/t9-/m0/s1. The summed E-state index contributed by atoms with van der Waals surface area (Å²) in [5.41, 5.74) is 4.72. The number of hydrogen-bond donors (Lipinski definition) is 3. The Balaban J connectivity index is 2.69. The summed E-state index contributed by atoms with van der Waals surface area (Å²) in [7, 11) is 0. The van der Waals surface area contributed by atoms with Gasteiger partial charge in [-0.25, -0.2) is 4.79 Å². The number of urea groups is 1. The van der Waals surface area contributed by atoms with Crippen LogP contribution in [-0.2, 0) is 22.6 Å². The van der Waals surface area contributed by atoms with Gasteiger partial charge in [-0.05, 0) is 34.6 Å². The van der Waals surface area contributed by atoms with E-state index in [9.17, 15) is 14.4 Å². The summed E-state index contributed by atoms with van der Waals surface area (Å²) in [6, 6.07) is -0.538. The zero-order chi connectivity index (χ0) is 19.2. The Labute approximate surface area is 151 Å². The lowest BCUT2D eigenvalue weighted by Crippen LogP contribution is -2.49. The lowest BCUT2D eigenvalue weighted by molar-refractivity contribution is -0.119. The number of aryl methyl sites for hydroxylation is 1. The number of nitrogens with one attached hydrogen (secondary N) is 2. The molecule has 1 aromatic rings. The number of hydrogen-bond acceptors (Lipinski definition) is 6. The predicted octanol–water partition coefficient (Wildman–Crippen LogP) is 0.821. The van der Waals surface area contributed by atoms with Crippen LogP contribution in [0, 0.1) is 0 Å². The van der Waals surface area contributed by atoms with Crippen LogP contribution >= 0.6 is 11.8 Å². The minimum atomic E-state index is -0.538. The van der Waals surface area contributed by atoms with Crippen molar-refractivity contribution in [3.8, 4) is 0 Å². The Morgan fingerprint density at radius 2 is 1.92 bits per heavy atom. The first-order chi connectivity index (χ1) is 11.5. The van der Waals surface area contributed by atoms with E-state index in [2.05, 4.69) is 20.8 Å². The van der Waals surface area contributed by atoms with Crippen molar-refractivity contribution in [3.05, 3.63) is 5.82 Å². The van der Waals surface area contributed by atoms with Gasteiger partial charge in [0, 0.05) is 24.9 Å². The van der Waals surface area contributed by atoms with Gasteiger partial charge in [-0.2, -0.15) is 0 Å². The monoisotopic (exact) mass is 370 g/mol. The van der Waals surface area contributed by atoms with Gasteiger partial charge in [0.05, 0.1) is 5.25 Å². The Morgan fingerprint density at radius 3 is 2.44 bits per heavy atom. The van der Waals surface area contributed by atoms with Gasteiger partial charge >= 0.3 is 6.03 Å². The zero-order valence-corrected chi connectivity index (χ0v) is 16.1. The van der Waals surface area contributed by atoms with Gasteiger partial charge in [-0.1, -0.05) is 11.8 Å². The molecule has 0 fully saturated rings. The number of rotatable bonds is 7. The number of primary amides is 1. The van der Waals surface area contributed by atoms with E-state index in [1.807, 2.05) is 32.3 Å². The van der Waals surface area contributed by atoms with Gasteiger partial charge in [-0.3, -0.25) is 14.9 Å². The molecule has 25 heavy (non-hydrogen) atoms. The average molecular weight is 370 g/mol. The van der Waals surface area contributed by atoms with Crippen molar-refractivity contribution in [1.82, 2.24) is 25.4 Å². The predicted molar refractivity (Wildman–Crippen MR) is 95.0 cm³/mol. The Hall–Kier alpha value is -2.10. The second-order valence-electron chi connectivity index (χ2n) is 6.56. The third kappa shape index (κ3) is 7.12. The minimum Gasteiger partial charge on any atom is -0.370 e. The summed E-state index contributed by atoms with van der Waals surface area (Å²) in [5.74, 6) is -0.185. The normalized spacial score (nSPS) is 12.5. The largest absolute Gasteiger partial charge is 0.370 e. The topological polar surface area (TPSA) is 132 Å². The summed E-state index contributed by atoms with van der Waals surface area (Å²) in [6.45, 7) is 9.68. The van der Waals surface area contributed by atoms with Crippen molar-refractivity contribution in [2.75, 3.05) is 0 Å². The van der Waals surface area contributed by atoms with Crippen LogP contribution in [0.4, 0.5) is 4.79 Å². The maximum atomic E-state index is 12.2. The highest BCUT2D eigenvalue weighted by Crippen LogP contribution is 2.22. The molecule has 1 rings (SSSR count). The van der Waals surface area contributed by atoms with E-state index in [1.54, 1.807) is 6.92 Å². The van der Waals surface area contributed by atoms with Gasteiger partial charge in [0.15, 0.2) is 5.16 Å². The van der Waals surface area contributed by atoms with Crippen molar-refractivity contribution >= 4 is 29.6 Å². The van der Waals surface area contributed by atoms with Gasteiger partial charge in [0.25, 0.3) is 0 Å². The highest BCUT2D eigenvalue weighted by molar-refractivity contribution is 8.00. The molecular formula is C15H26N6O3S. The second kappa shape index (κ2) is 8.84. The van der Waals surface area contributed by atoms with Crippen molar-refractivity contribution in [2.45, 2.75) is 70.0 Å². The summed E-state index contributed by atoms with van der Waals surface area (Å²) in [6.07, 6.45) is 0.580. The summed E-state index contributed by atoms with van der Waals surface area (Å²) >= 11 is 1.20. The molecule has 1 heterocycles. The molecule has 9 nitrogen and oxygen atoms in total. The fourth-order valence-corrected chi connectivity index (χ4v) is 2.87. The molecule has 0 spiro atoms. The van der Waals surface area contributed by atoms with Crippen LogP contribution in [0.2, 0.25) is 0 Å². The molecule has 0 aliphatic carbocycles. The quantitative estimate of drug-likeness (QED) is 0.609. The molecule has 10 heteroatoms. The molecule has 1 atom stereocenters. The molecule has 0 aliphatic rings. The fraction of sp³-hybridized carbons (Fsp3) is 0.667. The van der Waals surface area contributed by atoms with Crippen LogP contribution in [0.15, 0.2) is 5.16 Å². The molecular weight excluding hydrogens is 344 g/mol. The molecule has 0 aliphatic heterocycles. The fourth-order valence-electron chi connectivity index (χ4n) is 1.94. The van der Waals surface area contributed by atoms with E-state index in [-0.39, 0.29) is 6.42 Å². The third-order valence-corrected chi connectivity index (χ3v) is 4.16. The molecule has 0 radical (unpaired) electrons. The molecule has 0 bridgehead atoms. The van der Waals surface area contributed by atoms with Gasteiger partial charge in [-0.15, -0.1) is 10.2 Å². The van der Waals surface area contributed by atoms with Crippen molar-refractivity contribution in [2.24, 2.45) is 5.73 Å². The van der Waals surface area contributed by atoms with Gasteiger partial charge in [0.2, 0.25) is 11.8 Å². The SMILES string of the molecule is CCn1c(CCC(N)=O)nnc1S[C@@H](C)C(=O)NC(=O)NC(C)(C)C. The highest BCUT2D eigenvalue weighted by atomic mass is 32.2. The van der Waals surface area contributed by atoms with Gasteiger partial charge < -0.3 is 15.6 Å². The van der Waals surface area contributed by atoms with E-state index < -0.39 is 28.6 Å². The summed E-state index contributed by atoms with van der Waals surface area (Å²) in [4.78, 5) is 34.8. The van der Waals surface area contributed by atoms with E-state index in [1.165, 1.54) is 11.8 Å². The molecule has 0 unspecified atom stereocenters. The van der Waals surface area contributed by atoms with E-state index in [0.717, 1.165) is 0 Å². The lowest BCUT2D eigenvalue weighted by atomic mass is 10.1. The maximum Gasteiger partial charge on any atom is 0.321 e. The van der Waals surface area contributed by atoms with Crippen LogP contribution in [0.5, 0.6) is 0 Å². The number of imide groups is 1. The van der Waals surface area contributed by atoms with Crippen molar-refractivity contribution < 1.29 is 14.4 Å². The first-order valence-corrected chi connectivity index (χ1v) is 8.91. The van der Waals surface area contributed by atoms with Crippen LogP contribution < -0.4 is 16.4 Å². The third-order valence-electron chi connectivity index (χ3n) is 3.08. The Morgan fingerprint density at radius 1 is 1.28 bits per heavy atom. The average Bonchev–Trinajstić information content (AvgIpc) is 2.84. The van der Waals surface area contributed by atoms with Crippen LogP contribution in [0.3, 0.4) is 0 Å². The van der Waals surface area contributed by atoms with Gasteiger partial charge in [0.1, 0.15) is 5.82 Å². The number of nitrogens with zero attached hydrogens (tertiary/aromatic N) is 3.